The molecule has 5 fully saturated rings. The van der Waals surface area contributed by atoms with Crippen LogP contribution in [-0.4, -0.2) is 11.6 Å². The fourth-order valence-electron chi connectivity index (χ4n) is 13.5. The number of halogens is 2. The highest BCUT2D eigenvalue weighted by Crippen LogP contribution is 2.63. The lowest BCUT2D eigenvalue weighted by Crippen LogP contribution is -2.35. The van der Waals surface area contributed by atoms with Gasteiger partial charge in [-0.15, -0.1) is 22.7 Å². The van der Waals surface area contributed by atoms with E-state index in [2.05, 4.69) is 57.8 Å². The summed E-state index contributed by atoms with van der Waals surface area (Å²) in [5.41, 5.74) is 3.12. The monoisotopic (exact) mass is 956 g/mol. The molecule has 0 N–H and O–H groups in total. The molecule has 0 bridgehead atoms. The lowest BCUT2D eigenvalue weighted by molar-refractivity contribution is -0.129. The molecule has 6 heteroatoms. The maximum Gasteiger partial charge on any atom is 0.139 e. The van der Waals surface area contributed by atoms with Crippen LogP contribution in [0.15, 0.2) is 19.7 Å². The van der Waals surface area contributed by atoms with Crippen molar-refractivity contribution in [2.45, 2.75) is 218 Å². The van der Waals surface area contributed by atoms with Crippen molar-refractivity contribution < 1.29 is 9.59 Å². The zero-order chi connectivity index (χ0) is 40.4. The molecule has 0 amide bonds. The molecule has 0 spiro atoms. The molecular formula is C52H78Br2O2S2. The number of thiophene rings is 2. The molecule has 2 nitrogen and oxygen atoms in total. The van der Waals surface area contributed by atoms with Gasteiger partial charge in [0, 0.05) is 33.4 Å². The second-order valence-electron chi connectivity index (χ2n) is 20.1. The summed E-state index contributed by atoms with van der Waals surface area (Å²) in [6.07, 6.45) is 38.9. The normalized spacial score (nSPS) is 30.4. The number of unbranched alkanes of at least 4 members (excludes halogenated alkanes) is 18. The van der Waals surface area contributed by atoms with Crippen molar-refractivity contribution in [2.75, 3.05) is 0 Å². The number of fused-ring (bicyclic) bond motifs is 6. The van der Waals surface area contributed by atoms with Gasteiger partial charge in [-0.2, -0.15) is 0 Å². The Bertz CT molecular complexity index is 1480. The van der Waals surface area contributed by atoms with Crippen LogP contribution in [0.5, 0.6) is 0 Å². The molecule has 0 radical (unpaired) electrons. The van der Waals surface area contributed by atoms with E-state index >= 15 is 0 Å². The molecule has 5 saturated carbocycles. The van der Waals surface area contributed by atoms with Gasteiger partial charge in [-0.3, -0.25) is 9.59 Å². The molecule has 10 atom stereocenters. The second kappa shape index (κ2) is 22.9. The Hall–Kier alpha value is -0.300. The largest absolute Gasteiger partial charge is 0.299 e. The summed E-state index contributed by atoms with van der Waals surface area (Å²) in [6.45, 7) is 4.60. The van der Waals surface area contributed by atoms with Gasteiger partial charge in [-0.05, 0) is 168 Å². The lowest BCUT2D eigenvalue weighted by atomic mass is 9.64. The molecule has 0 aliphatic heterocycles. The van der Waals surface area contributed by atoms with Gasteiger partial charge in [-0.25, -0.2) is 0 Å². The number of ketones is 2. The molecule has 7 rings (SSSR count). The molecular weight excluding hydrogens is 881 g/mol. The van der Waals surface area contributed by atoms with E-state index in [-0.39, 0.29) is 23.7 Å². The summed E-state index contributed by atoms with van der Waals surface area (Å²) in [5.74, 6) is 5.14. The fourth-order valence-corrected chi connectivity index (χ4v) is 17.2. The molecule has 10 unspecified atom stereocenters. The van der Waals surface area contributed by atoms with Gasteiger partial charge in [0.25, 0.3) is 0 Å². The predicted molar refractivity (Wildman–Crippen MR) is 255 cm³/mol. The van der Waals surface area contributed by atoms with Gasteiger partial charge in [0.05, 0.1) is 7.57 Å². The van der Waals surface area contributed by atoms with Crippen LogP contribution in [0.3, 0.4) is 0 Å². The molecule has 0 aromatic carbocycles. The third kappa shape index (κ3) is 11.3. The zero-order valence-electron chi connectivity index (χ0n) is 36.5. The van der Waals surface area contributed by atoms with Crippen molar-refractivity contribution in [3.05, 3.63) is 40.6 Å². The number of Topliss-reactive ketones (excluding diaryl/α,β-unsaturated/α-hetero) is 2. The Morgan fingerprint density at radius 1 is 0.448 bits per heavy atom. The minimum atomic E-state index is 0.223. The summed E-state index contributed by atoms with van der Waals surface area (Å²) in [4.78, 5) is 32.0. The number of carbonyl (C=O) groups is 2. The minimum absolute atomic E-state index is 0.223. The van der Waals surface area contributed by atoms with E-state index < -0.39 is 0 Å². The van der Waals surface area contributed by atoms with Crippen molar-refractivity contribution in [3.8, 4) is 0 Å². The van der Waals surface area contributed by atoms with Crippen LogP contribution in [0.2, 0.25) is 0 Å². The second-order valence-corrected chi connectivity index (χ2v) is 25.0. The maximum atomic E-state index is 14.4. The average Bonchev–Trinajstić information content (AvgIpc) is 3.95. The van der Waals surface area contributed by atoms with E-state index in [1.807, 2.05) is 22.7 Å². The van der Waals surface area contributed by atoms with Crippen LogP contribution in [0.25, 0.3) is 0 Å². The topological polar surface area (TPSA) is 34.1 Å². The van der Waals surface area contributed by atoms with Gasteiger partial charge in [0.1, 0.15) is 11.6 Å². The molecule has 0 saturated heterocycles. The predicted octanol–water partition coefficient (Wildman–Crippen LogP) is 17.4. The highest BCUT2D eigenvalue weighted by Gasteiger charge is 2.61. The smallest absolute Gasteiger partial charge is 0.139 e. The Kier molecular flexibility index (Phi) is 18.0. The third-order valence-electron chi connectivity index (χ3n) is 16.4. The quantitative estimate of drug-likeness (QED) is 0.0983. The van der Waals surface area contributed by atoms with Gasteiger partial charge in [0.2, 0.25) is 0 Å². The fraction of sp³-hybridized carbons (Fsp3) is 0.808. The van der Waals surface area contributed by atoms with Gasteiger partial charge < -0.3 is 0 Å². The standard InChI is InChI=1S/C52H78Br2O2S2/c1-3-5-7-9-11-13-15-17-19-21-23-35-31-47(53)57-51(35)37-25-27-39-41-33-46-42(34-45(41)49(55)43(39)29-37)40-28-26-38(30-44(40)50(46)56)52-36(32-48(54)58-52)24-22-20-18-16-14-12-10-8-6-4-2/h31-32,37-46H,3-30,33-34H2,1-2H3. The average molecular weight is 959 g/mol. The van der Waals surface area contributed by atoms with Crippen molar-refractivity contribution in [3.63, 3.8) is 0 Å². The number of aryl methyl sites for hydroxylation is 2. The Balaban J connectivity index is 0.880. The highest BCUT2D eigenvalue weighted by atomic mass is 79.9. The van der Waals surface area contributed by atoms with Crippen molar-refractivity contribution >= 4 is 66.1 Å². The number of hydrogen-bond acceptors (Lipinski definition) is 4. The zero-order valence-corrected chi connectivity index (χ0v) is 41.3. The van der Waals surface area contributed by atoms with Crippen LogP contribution in [0.1, 0.15) is 226 Å². The van der Waals surface area contributed by atoms with E-state index in [1.165, 1.54) is 175 Å². The molecule has 2 aromatic heterocycles. The van der Waals surface area contributed by atoms with E-state index in [0.29, 0.717) is 47.1 Å². The van der Waals surface area contributed by atoms with Crippen LogP contribution < -0.4 is 0 Å². The molecule has 5 aliphatic carbocycles. The number of carbonyl (C=O) groups excluding carboxylic acids is 2. The highest BCUT2D eigenvalue weighted by molar-refractivity contribution is 9.11. The molecule has 2 heterocycles. The van der Waals surface area contributed by atoms with Gasteiger partial charge in [0.15, 0.2) is 0 Å². The summed E-state index contributed by atoms with van der Waals surface area (Å²) in [5, 5.41) is 0. The SMILES string of the molecule is CCCCCCCCCCCCc1cc(Br)sc1C1CCC2C(C1)C(=O)C1CC3C(CC12)C(=O)C1CC(c2sc(Br)cc2CCCCCCCCCCCC)CCC13. The van der Waals surface area contributed by atoms with Crippen LogP contribution in [0, 0.1) is 47.3 Å². The first-order valence-electron chi connectivity index (χ1n) is 25.0. The first-order valence-corrected chi connectivity index (χ1v) is 28.2. The first kappa shape index (κ1) is 45.7. The van der Waals surface area contributed by atoms with Crippen molar-refractivity contribution in [2.24, 2.45) is 47.3 Å². The number of hydrogen-bond donors (Lipinski definition) is 0. The maximum absolute atomic E-state index is 14.4. The molecule has 58 heavy (non-hydrogen) atoms. The minimum Gasteiger partial charge on any atom is -0.299 e. The summed E-state index contributed by atoms with van der Waals surface area (Å²) >= 11 is 11.6. The molecule has 2 aromatic rings. The van der Waals surface area contributed by atoms with Crippen LogP contribution in [0.4, 0.5) is 0 Å². The van der Waals surface area contributed by atoms with Gasteiger partial charge in [-0.1, -0.05) is 129 Å². The lowest BCUT2D eigenvalue weighted by Gasteiger charge is -2.40. The Morgan fingerprint density at radius 3 is 1.14 bits per heavy atom. The third-order valence-corrected chi connectivity index (χ3v) is 20.1. The van der Waals surface area contributed by atoms with Crippen LogP contribution >= 0.6 is 54.5 Å². The summed E-state index contributed by atoms with van der Waals surface area (Å²) < 4.78 is 2.54. The van der Waals surface area contributed by atoms with E-state index in [1.54, 1.807) is 20.9 Å². The van der Waals surface area contributed by atoms with Gasteiger partial charge >= 0.3 is 0 Å². The van der Waals surface area contributed by atoms with E-state index in [0.717, 1.165) is 25.7 Å². The van der Waals surface area contributed by atoms with Crippen molar-refractivity contribution in [1.29, 1.82) is 0 Å². The van der Waals surface area contributed by atoms with Crippen LogP contribution in [-0.2, 0) is 22.4 Å². The Labute approximate surface area is 379 Å². The molecule has 324 valence electrons. The van der Waals surface area contributed by atoms with E-state index in [4.69, 9.17) is 0 Å². The Morgan fingerprint density at radius 2 is 0.776 bits per heavy atom. The summed E-state index contributed by atoms with van der Waals surface area (Å²) in [7, 11) is 0. The summed E-state index contributed by atoms with van der Waals surface area (Å²) in [6, 6.07) is 4.82. The van der Waals surface area contributed by atoms with E-state index in [9.17, 15) is 9.59 Å². The molecule has 5 aliphatic rings. The van der Waals surface area contributed by atoms with Crippen molar-refractivity contribution in [1.82, 2.24) is 0 Å². The first-order chi connectivity index (χ1) is 28.4. The number of rotatable bonds is 24.